The van der Waals surface area contributed by atoms with Gasteiger partial charge in [-0.15, -0.1) is 0 Å². The largest absolute Gasteiger partial charge is 0.508 e. The Morgan fingerprint density at radius 1 is 1.04 bits per heavy atom. The van der Waals surface area contributed by atoms with Gasteiger partial charge in [-0.05, 0) is 44.0 Å². The van der Waals surface area contributed by atoms with Gasteiger partial charge in [-0.1, -0.05) is 45.4 Å². The van der Waals surface area contributed by atoms with Gasteiger partial charge in [0.25, 0.3) is 0 Å². The molecule has 0 atom stereocenters. The molecule has 0 saturated carbocycles. The molecule has 0 aliphatic rings. The zero-order valence-corrected chi connectivity index (χ0v) is 16.7. The van der Waals surface area contributed by atoms with Gasteiger partial charge < -0.3 is 20.7 Å². The Morgan fingerprint density at radius 3 is 1.96 bits per heavy atom. The van der Waals surface area contributed by atoms with Gasteiger partial charge in [-0.25, -0.2) is 0 Å². The fraction of sp³-hybridized carbons (Fsp3) is 0.381. The number of phenols is 3. The van der Waals surface area contributed by atoms with Gasteiger partial charge >= 0.3 is 0 Å². The van der Waals surface area contributed by atoms with E-state index < -0.39 is 0 Å². The Balaban J connectivity index is 0.000000514. The van der Waals surface area contributed by atoms with Gasteiger partial charge in [0.15, 0.2) is 0 Å². The van der Waals surface area contributed by atoms with Crippen molar-refractivity contribution >= 4 is 5.71 Å². The van der Waals surface area contributed by atoms with Crippen molar-refractivity contribution in [2.75, 3.05) is 7.05 Å². The smallest absolute Gasteiger partial charge is 0.131 e. The molecule has 0 aromatic heterocycles. The number of benzene rings is 2. The molecule has 26 heavy (non-hydrogen) atoms. The number of para-hydroxylation sites is 1. The lowest BCUT2D eigenvalue weighted by molar-refractivity contribution is 0.438. The lowest BCUT2D eigenvalue weighted by Crippen LogP contribution is -2.06. The average molecular weight is 360 g/mol. The second-order valence-electron chi connectivity index (χ2n) is 5.73. The minimum Gasteiger partial charge on any atom is -0.508 e. The molecule has 0 fully saturated rings. The molecule has 144 valence electrons. The SMILES string of the molecule is CCC.CCc1c(O)cc(C)c(/C(C)=N\NC)c1O.Oc1ccccc1. The Kier molecular flexibility index (Phi) is 11.3. The van der Waals surface area contributed by atoms with Crippen LogP contribution in [0.1, 0.15) is 50.8 Å². The highest BCUT2D eigenvalue weighted by atomic mass is 16.3. The van der Waals surface area contributed by atoms with Crippen LogP contribution in [0.2, 0.25) is 0 Å². The van der Waals surface area contributed by atoms with Crippen LogP contribution in [0.3, 0.4) is 0 Å². The minimum atomic E-state index is 0.122. The van der Waals surface area contributed by atoms with E-state index in [9.17, 15) is 10.2 Å². The predicted octanol–water partition coefficient (Wildman–Crippen LogP) is 4.72. The highest BCUT2D eigenvalue weighted by molar-refractivity contribution is 6.02. The van der Waals surface area contributed by atoms with Crippen LogP contribution in [0.4, 0.5) is 0 Å². The molecule has 2 rings (SSSR count). The van der Waals surface area contributed by atoms with E-state index in [2.05, 4.69) is 24.4 Å². The lowest BCUT2D eigenvalue weighted by atomic mass is 9.97. The lowest BCUT2D eigenvalue weighted by Gasteiger charge is -2.13. The van der Waals surface area contributed by atoms with E-state index in [1.165, 1.54) is 6.42 Å². The minimum absolute atomic E-state index is 0.122. The molecule has 2 aromatic rings. The maximum Gasteiger partial charge on any atom is 0.131 e. The second-order valence-corrected chi connectivity index (χ2v) is 5.73. The molecule has 5 nitrogen and oxygen atoms in total. The van der Waals surface area contributed by atoms with E-state index in [1.807, 2.05) is 26.8 Å². The van der Waals surface area contributed by atoms with Crippen LogP contribution in [0.15, 0.2) is 41.5 Å². The zero-order chi connectivity index (χ0) is 20.1. The Bertz CT molecular complexity index is 683. The Labute approximate surface area is 157 Å². The molecule has 2 aromatic carbocycles. The van der Waals surface area contributed by atoms with Crippen molar-refractivity contribution in [3.63, 3.8) is 0 Å². The number of phenolic OH excluding ortho intramolecular Hbond substituents is 3. The zero-order valence-electron chi connectivity index (χ0n) is 16.7. The molecule has 0 radical (unpaired) electrons. The number of nitrogens with one attached hydrogen (secondary N) is 1. The molecule has 0 aliphatic heterocycles. The number of nitrogens with zero attached hydrogens (tertiary/aromatic N) is 1. The molecule has 5 heteroatoms. The molecule has 0 saturated heterocycles. The van der Waals surface area contributed by atoms with Crippen LogP contribution in [0.5, 0.6) is 17.2 Å². The van der Waals surface area contributed by atoms with Crippen molar-refractivity contribution < 1.29 is 15.3 Å². The van der Waals surface area contributed by atoms with E-state index in [0.717, 1.165) is 5.56 Å². The number of aryl methyl sites for hydroxylation is 1. The normalized spacial score (nSPS) is 10.2. The van der Waals surface area contributed by atoms with E-state index in [1.54, 1.807) is 37.4 Å². The standard InChI is InChI=1S/C12H18N2O2.C6H6O.C3H8/c1-5-9-10(15)6-7(2)11(12(9)16)8(3)14-13-4;7-6-4-2-1-3-5-6;1-3-2/h6,13,15-16H,5H2,1-4H3;1-5,7H;3H2,1-2H3/b14-8-;;. The highest BCUT2D eigenvalue weighted by Gasteiger charge is 2.16. The van der Waals surface area contributed by atoms with E-state index in [4.69, 9.17) is 5.11 Å². The Morgan fingerprint density at radius 2 is 1.58 bits per heavy atom. The van der Waals surface area contributed by atoms with Gasteiger partial charge in [-0.2, -0.15) is 5.10 Å². The molecule has 4 N–H and O–H groups in total. The van der Waals surface area contributed by atoms with Crippen molar-refractivity contribution in [1.82, 2.24) is 5.43 Å². The van der Waals surface area contributed by atoms with E-state index in [0.29, 0.717) is 29.0 Å². The number of aromatic hydroxyl groups is 3. The number of hydrogen-bond donors (Lipinski definition) is 4. The van der Waals surface area contributed by atoms with Crippen molar-refractivity contribution in [2.24, 2.45) is 5.10 Å². The first-order valence-corrected chi connectivity index (χ1v) is 8.83. The van der Waals surface area contributed by atoms with Crippen LogP contribution in [-0.4, -0.2) is 28.1 Å². The first-order valence-electron chi connectivity index (χ1n) is 8.83. The Hall–Kier alpha value is -2.69. The quantitative estimate of drug-likeness (QED) is 0.471. The monoisotopic (exact) mass is 360 g/mol. The molecule has 0 unspecified atom stereocenters. The summed E-state index contributed by atoms with van der Waals surface area (Å²) < 4.78 is 0. The molecular formula is C21H32N2O3. The molecule has 0 spiro atoms. The maximum atomic E-state index is 10.1. The van der Waals surface area contributed by atoms with Gasteiger partial charge in [0.05, 0.1) is 5.71 Å². The van der Waals surface area contributed by atoms with Crippen molar-refractivity contribution in [2.45, 2.75) is 47.5 Å². The summed E-state index contributed by atoms with van der Waals surface area (Å²) in [6.45, 7) is 9.79. The fourth-order valence-electron chi connectivity index (χ4n) is 2.28. The maximum absolute atomic E-state index is 10.1. The van der Waals surface area contributed by atoms with E-state index >= 15 is 0 Å². The first-order chi connectivity index (χ1) is 12.3. The first kappa shape index (κ1) is 23.3. The van der Waals surface area contributed by atoms with Crippen molar-refractivity contribution in [1.29, 1.82) is 0 Å². The second kappa shape index (κ2) is 12.6. The van der Waals surface area contributed by atoms with Gasteiger partial charge in [-0.3, -0.25) is 0 Å². The van der Waals surface area contributed by atoms with Crippen LogP contribution in [-0.2, 0) is 6.42 Å². The average Bonchev–Trinajstić information content (AvgIpc) is 2.57. The topological polar surface area (TPSA) is 85.1 Å². The molecular weight excluding hydrogens is 328 g/mol. The third-order valence-electron chi connectivity index (χ3n) is 3.33. The van der Waals surface area contributed by atoms with Crippen LogP contribution < -0.4 is 5.43 Å². The predicted molar refractivity (Wildman–Crippen MR) is 109 cm³/mol. The molecule has 0 aliphatic carbocycles. The number of hydrogen-bond acceptors (Lipinski definition) is 5. The summed E-state index contributed by atoms with van der Waals surface area (Å²) in [6, 6.07) is 10.4. The summed E-state index contributed by atoms with van der Waals surface area (Å²) in [5, 5.41) is 32.5. The molecule has 0 amide bonds. The molecule has 0 heterocycles. The van der Waals surface area contributed by atoms with E-state index in [-0.39, 0.29) is 11.5 Å². The summed E-state index contributed by atoms with van der Waals surface area (Å²) in [5.74, 6) is 0.581. The van der Waals surface area contributed by atoms with Crippen LogP contribution >= 0.6 is 0 Å². The summed E-state index contributed by atoms with van der Waals surface area (Å²) in [4.78, 5) is 0. The summed E-state index contributed by atoms with van der Waals surface area (Å²) in [6.07, 6.45) is 1.83. The van der Waals surface area contributed by atoms with Crippen LogP contribution in [0.25, 0.3) is 0 Å². The fourth-order valence-corrected chi connectivity index (χ4v) is 2.28. The van der Waals surface area contributed by atoms with Gasteiger partial charge in [0.1, 0.15) is 17.2 Å². The number of rotatable bonds is 3. The molecule has 0 bridgehead atoms. The van der Waals surface area contributed by atoms with Gasteiger partial charge in [0, 0.05) is 18.2 Å². The summed E-state index contributed by atoms with van der Waals surface area (Å²) in [7, 11) is 1.71. The summed E-state index contributed by atoms with van der Waals surface area (Å²) in [5.41, 5.74) is 5.44. The van der Waals surface area contributed by atoms with Crippen molar-refractivity contribution in [3.05, 3.63) is 53.1 Å². The van der Waals surface area contributed by atoms with Gasteiger partial charge in [0.2, 0.25) is 0 Å². The summed E-state index contributed by atoms with van der Waals surface area (Å²) >= 11 is 0. The third-order valence-corrected chi connectivity index (χ3v) is 3.33. The van der Waals surface area contributed by atoms with Crippen LogP contribution in [0, 0.1) is 6.92 Å². The van der Waals surface area contributed by atoms with Crippen molar-refractivity contribution in [3.8, 4) is 17.2 Å². The highest BCUT2D eigenvalue weighted by Crippen LogP contribution is 2.34. The number of hydrazone groups is 1. The third kappa shape index (κ3) is 7.47.